The van der Waals surface area contributed by atoms with Crippen molar-refractivity contribution in [1.82, 2.24) is 0 Å². The van der Waals surface area contributed by atoms with Crippen LogP contribution < -0.4 is 0 Å². The number of carboxylic acids is 1. The van der Waals surface area contributed by atoms with Gasteiger partial charge in [0, 0.05) is 6.42 Å². The van der Waals surface area contributed by atoms with E-state index >= 15 is 0 Å². The van der Waals surface area contributed by atoms with Crippen molar-refractivity contribution in [2.24, 2.45) is 5.92 Å². The van der Waals surface area contributed by atoms with Gasteiger partial charge in [0.25, 0.3) is 0 Å². The van der Waals surface area contributed by atoms with E-state index in [1.54, 1.807) is 0 Å². The van der Waals surface area contributed by atoms with Crippen LogP contribution in [0.4, 0.5) is 0 Å². The lowest BCUT2D eigenvalue weighted by atomic mass is 9.95. The number of aliphatic carboxylic acids is 1. The minimum absolute atomic E-state index is 0.334. The van der Waals surface area contributed by atoms with Crippen molar-refractivity contribution in [2.45, 2.75) is 161 Å². The molecular formula is C29H56O4S. The molecule has 0 unspecified atom stereocenters. The minimum atomic E-state index is -2.69. The van der Waals surface area contributed by atoms with Crippen LogP contribution in [0, 0.1) is 5.92 Å². The predicted octanol–water partition coefficient (Wildman–Crippen LogP) is 8.87. The monoisotopic (exact) mass is 500 g/mol. The highest BCUT2D eigenvalue weighted by Crippen LogP contribution is 2.24. The maximum Gasteiger partial charge on any atom is 0.303 e. The normalized spacial score (nSPS) is 16.1. The van der Waals surface area contributed by atoms with Crippen LogP contribution in [0.25, 0.3) is 0 Å². The van der Waals surface area contributed by atoms with Gasteiger partial charge in [-0.05, 0) is 25.2 Å². The fraction of sp³-hybridized carbons (Fsp3) is 0.966. The summed E-state index contributed by atoms with van der Waals surface area (Å²) in [5, 5.41) is 8.61. The first-order valence-electron chi connectivity index (χ1n) is 14.9. The number of sulfone groups is 1. The summed E-state index contributed by atoms with van der Waals surface area (Å²) in [5.41, 5.74) is 0. The average Bonchev–Trinajstić information content (AvgIpc) is 2.80. The van der Waals surface area contributed by atoms with Gasteiger partial charge in [-0.15, -0.1) is 0 Å². The van der Waals surface area contributed by atoms with Gasteiger partial charge in [-0.3, -0.25) is 4.79 Å². The smallest absolute Gasteiger partial charge is 0.303 e. The summed E-state index contributed by atoms with van der Waals surface area (Å²) in [6.45, 7) is 0. The van der Waals surface area contributed by atoms with E-state index < -0.39 is 15.8 Å². The molecule has 0 bridgehead atoms. The molecule has 34 heavy (non-hydrogen) atoms. The van der Waals surface area contributed by atoms with Crippen LogP contribution in [0.1, 0.15) is 161 Å². The van der Waals surface area contributed by atoms with Gasteiger partial charge < -0.3 is 5.11 Å². The molecule has 0 amide bonds. The molecule has 5 heteroatoms. The van der Waals surface area contributed by atoms with Crippen molar-refractivity contribution < 1.29 is 18.3 Å². The van der Waals surface area contributed by atoms with Crippen molar-refractivity contribution in [2.75, 3.05) is 11.5 Å². The van der Waals surface area contributed by atoms with E-state index in [0.717, 1.165) is 25.7 Å². The average molecular weight is 501 g/mol. The Morgan fingerprint density at radius 1 is 0.529 bits per heavy atom. The molecule has 0 aromatic rings. The van der Waals surface area contributed by atoms with E-state index in [-0.39, 0.29) is 0 Å². The zero-order valence-electron chi connectivity index (χ0n) is 22.2. The maximum absolute atomic E-state index is 11.5. The second-order valence-electron chi connectivity index (χ2n) is 11.0. The Labute approximate surface area is 212 Å². The number of rotatable bonds is 24. The number of carbonyl (C=O) groups is 1. The molecule has 1 rings (SSSR count). The van der Waals surface area contributed by atoms with Crippen molar-refractivity contribution in [3.8, 4) is 0 Å². The Hall–Kier alpha value is -0.580. The number of carboxylic acid groups (broad SMARTS) is 1. The third-order valence-corrected chi connectivity index (χ3v) is 9.39. The zero-order valence-corrected chi connectivity index (χ0v) is 23.1. The molecule has 0 aromatic carbocycles. The molecule has 1 aliphatic heterocycles. The molecule has 0 spiro atoms. The standard InChI is InChI=1S/C29H56O4S/c30-29(31)23-21-19-17-15-13-11-9-7-5-3-1-2-4-6-8-10-12-14-16-18-20-22-28-24-26-34(32,33)27-25-28/h28H,1-27H2,(H,30,31). The van der Waals surface area contributed by atoms with Gasteiger partial charge in [0.2, 0.25) is 0 Å². The van der Waals surface area contributed by atoms with Gasteiger partial charge >= 0.3 is 5.97 Å². The highest BCUT2D eigenvalue weighted by molar-refractivity contribution is 7.91. The van der Waals surface area contributed by atoms with Crippen molar-refractivity contribution >= 4 is 15.8 Å². The summed E-state index contributed by atoms with van der Waals surface area (Å²) in [5.74, 6) is 0.868. The summed E-state index contributed by atoms with van der Waals surface area (Å²) in [7, 11) is -2.69. The summed E-state index contributed by atoms with van der Waals surface area (Å²) >= 11 is 0. The molecule has 0 atom stereocenters. The van der Waals surface area contributed by atoms with Crippen LogP contribution in [-0.2, 0) is 14.6 Å². The van der Waals surface area contributed by atoms with Gasteiger partial charge in [-0.1, -0.05) is 135 Å². The Kier molecular flexibility index (Phi) is 20.1. The van der Waals surface area contributed by atoms with Crippen LogP contribution >= 0.6 is 0 Å². The SMILES string of the molecule is O=C(O)CCCCCCCCCCCCCCCCCCCCCCCC1CCS(=O)(=O)CC1. The fourth-order valence-electron chi connectivity index (χ4n) is 5.30. The number of hydrogen-bond acceptors (Lipinski definition) is 3. The van der Waals surface area contributed by atoms with Gasteiger partial charge in [-0.25, -0.2) is 8.42 Å². The van der Waals surface area contributed by atoms with E-state index in [0.29, 0.717) is 23.8 Å². The molecule has 1 aliphatic rings. The molecule has 0 saturated carbocycles. The lowest BCUT2D eigenvalue weighted by molar-refractivity contribution is -0.137. The minimum Gasteiger partial charge on any atom is -0.481 e. The maximum atomic E-state index is 11.5. The number of unbranched alkanes of at least 4 members (excludes halogenated alkanes) is 20. The highest BCUT2D eigenvalue weighted by atomic mass is 32.2. The zero-order chi connectivity index (χ0) is 24.7. The highest BCUT2D eigenvalue weighted by Gasteiger charge is 2.22. The van der Waals surface area contributed by atoms with Gasteiger partial charge in [0.1, 0.15) is 9.84 Å². The lowest BCUT2D eigenvalue weighted by Crippen LogP contribution is -2.23. The third kappa shape index (κ3) is 20.8. The van der Waals surface area contributed by atoms with E-state index in [4.69, 9.17) is 5.11 Å². The number of hydrogen-bond donors (Lipinski definition) is 1. The van der Waals surface area contributed by atoms with Crippen LogP contribution in [0.15, 0.2) is 0 Å². The van der Waals surface area contributed by atoms with E-state index in [1.807, 2.05) is 0 Å². The first-order chi connectivity index (χ1) is 16.5. The molecule has 0 aromatic heterocycles. The molecule has 1 saturated heterocycles. The molecule has 1 heterocycles. The van der Waals surface area contributed by atoms with E-state index in [9.17, 15) is 13.2 Å². The Morgan fingerprint density at radius 2 is 0.824 bits per heavy atom. The topological polar surface area (TPSA) is 71.4 Å². The fourth-order valence-corrected chi connectivity index (χ4v) is 6.88. The van der Waals surface area contributed by atoms with Crippen LogP contribution in [0.3, 0.4) is 0 Å². The van der Waals surface area contributed by atoms with Crippen LogP contribution in [0.2, 0.25) is 0 Å². The molecule has 0 radical (unpaired) electrons. The van der Waals surface area contributed by atoms with E-state index in [2.05, 4.69) is 0 Å². The molecule has 202 valence electrons. The third-order valence-electron chi connectivity index (χ3n) is 7.68. The van der Waals surface area contributed by atoms with Crippen molar-refractivity contribution in [3.05, 3.63) is 0 Å². The molecular weight excluding hydrogens is 444 g/mol. The lowest BCUT2D eigenvalue weighted by Gasteiger charge is -2.21. The van der Waals surface area contributed by atoms with Crippen LogP contribution in [-0.4, -0.2) is 31.0 Å². The molecule has 4 nitrogen and oxygen atoms in total. The summed E-state index contributed by atoms with van der Waals surface area (Å²) in [4.78, 5) is 10.4. The summed E-state index contributed by atoms with van der Waals surface area (Å²) in [6, 6.07) is 0. The molecule has 1 N–H and O–H groups in total. The van der Waals surface area contributed by atoms with Crippen molar-refractivity contribution in [1.29, 1.82) is 0 Å². The summed E-state index contributed by atoms with van der Waals surface area (Å²) < 4.78 is 22.9. The Bertz CT molecular complexity index is 559. The quantitative estimate of drug-likeness (QED) is 0.134. The van der Waals surface area contributed by atoms with Crippen LogP contribution in [0.5, 0.6) is 0 Å². The second-order valence-corrected chi connectivity index (χ2v) is 13.3. The Morgan fingerprint density at radius 3 is 1.15 bits per heavy atom. The van der Waals surface area contributed by atoms with Gasteiger partial charge in [0.05, 0.1) is 11.5 Å². The van der Waals surface area contributed by atoms with E-state index in [1.165, 1.54) is 128 Å². The first-order valence-corrected chi connectivity index (χ1v) is 16.7. The summed E-state index contributed by atoms with van der Waals surface area (Å²) in [6.07, 6.45) is 31.3. The largest absolute Gasteiger partial charge is 0.481 e. The first kappa shape index (κ1) is 31.4. The second kappa shape index (κ2) is 21.7. The van der Waals surface area contributed by atoms with Crippen molar-refractivity contribution in [3.63, 3.8) is 0 Å². The Balaban J connectivity index is 1.67. The molecule has 0 aliphatic carbocycles. The molecule has 1 fully saturated rings. The van der Waals surface area contributed by atoms with Gasteiger partial charge in [-0.2, -0.15) is 0 Å². The predicted molar refractivity (Wildman–Crippen MR) is 145 cm³/mol. The van der Waals surface area contributed by atoms with Gasteiger partial charge in [0.15, 0.2) is 0 Å².